The van der Waals surface area contributed by atoms with Gasteiger partial charge in [-0.3, -0.25) is 9.59 Å². The second-order valence-electron chi connectivity index (χ2n) is 5.89. The van der Waals surface area contributed by atoms with Gasteiger partial charge in [-0.05, 0) is 55.5 Å². The molecule has 0 unspecified atom stereocenters. The van der Waals surface area contributed by atoms with Gasteiger partial charge in [0.15, 0.2) is 0 Å². The van der Waals surface area contributed by atoms with E-state index in [-0.39, 0.29) is 28.7 Å². The number of amides is 2. The molecule has 1 heterocycles. The highest BCUT2D eigenvalue weighted by Crippen LogP contribution is 2.27. The third kappa shape index (κ3) is 5.17. The third-order valence-electron chi connectivity index (χ3n) is 3.62. The average Bonchev–Trinajstić information content (AvgIpc) is 3.12. The van der Waals surface area contributed by atoms with Crippen molar-refractivity contribution in [3.05, 3.63) is 54.3 Å². The number of rotatable bonds is 6. The highest BCUT2D eigenvalue weighted by atomic mass is 32.2. The van der Waals surface area contributed by atoms with Gasteiger partial charge in [-0.1, -0.05) is 11.8 Å². The second-order valence-corrected chi connectivity index (χ2v) is 7.18. The van der Waals surface area contributed by atoms with Crippen LogP contribution in [0.2, 0.25) is 0 Å². The van der Waals surface area contributed by atoms with E-state index in [4.69, 9.17) is 4.42 Å². The van der Waals surface area contributed by atoms with Gasteiger partial charge in [-0.2, -0.15) is 0 Å². The van der Waals surface area contributed by atoms with Crippen molar-refractivity contribution >= 4 is 35.0 Å². The zero-order valence-electron chi connectivity index (χ0n) is 15.1. The van der Waals surface area contributed by atoms with Crippen LogP contribution in [-0.2, 0) is 9.59 Å². The standard InChI is InChI=1S/C19H17FN4O3S/c1-11(17(26)22-16-9-7-15(8-10-16)21-12(2)25)28-19-24-23-18(27-19)13-3-5-14(20)6-4-13/h3-11H,1-2H3,(H,21,25)(H,22,26)/t11-/m1/s1. The molecular formula is C19H17FN4O3S. The molecule has 9 heteroatoms. The SMILES string of the molecule is CC(=O)Nc1ccc(NC(=O)[C@@H](C)Sc2nnc(-c3ccc(F)cc3)o2)cc1. The largest absolute Gasteiger partial charge is 0.411 e. The number of carbonyl (C=O) groups is 2. The summed E-state index contributed by atoms with van der Waals surface area (Å²) in [4.78, 5) is 23.4. The van der Waals surface area contributed by atoms with Crippen LogP contribution in [0.5, 0.6) is 0 Å². The first kappa shape index (κ1) is 19.6. The fourth-order valence-corrected chi connectivity index (χ4v) is 2.94. The van der Waals surface area contributed by atoms with Gasteiger partial charge in [0, 0.05) is 23.9 Å². The van der Waals surface area contributed by atoms with Crippen molar-refractivity contribution in [3.63, 3.8) is 0 Å². The molecule has 3 rings (SSSR count). The zero-order valence-corrected chi connectivity index (χ0v) is 15.9. The van der Waals surface area contributed by atoms with Crippen molar-refractivity contribution in [2.75, 3.05) is 10.6 Å². The van der Waals surface area contributed by atoms with Gasteiger partial charge >= 0.3 is 0 Å². The fraction of sp³-hybridized carbons (Fsp3) is 0.158. The van der Waals surface area contributed by atoms with E-state index in [1.165, 1.54) is 31.2 Å². The molecular weight excluding hydrogens is 383 g/mol. The van der Waals surface area contributed by atoms with Crippen LogP contribution >= 0.6 is 11.8 Å². The Labute approximate surface area is 164 Å². The van der Waals surface area contributed by atoms with Crippen molar-refractivity contribution in [3.8, 4) is 11.5 Å². The molecule has 2 N–H and O–H groups in total. The van der Waals surface area contributed by atoms with Gasteiger partial charge in [0.25, 0.3) is 5.22 Å². The Bertz CT molecular complexity index is 974. The van der Waals surface area contributed by atoms with Crippen LogP contribution < -0.4 is 10.6 Å². The van der Waals surface area contributed by atoms with Crippen LogP contribution in [0.15, 0.2) is 58.2 Å². The predicted molar refractivity (Wildman–Crippen MR) is 104 cm³/mol. The van der Waals surface area contributed by atoms with Gasteiger partial charge in [-0.15, -0.1) is 10.2 Å². The molecule has 0 fully saturated rings. The number of halogens is 1. The molecule has 144 valence electrons. The molecule has 0 spiro atoms. The molecule has 0 saturated heterocycles. The van der Waals surface area contributed by atoms with Crippen LogP contribution in [0, 0.1) is 5.82 Å². The molecule has 0 aliphatic carbocycles. The maximum atomic E-state index is 13.0. The average molecular weight is 400 g/mol. The van der Waals surface area contributed by atoms with Gasteiger partial charge in [0.2, 0.25) is 17.7 Å². The number of hydrogen-bond donors (Lipinski definition) is 2. The summed E-state index contributed by atoms with van der Waals surface area (Å²) in [7, 11) is 0. The van der Waals surface area contributed by atoms with E-state index in [0.29, 0.717) is 16.9 Å². The van der Waals surface area contributed by atoms with E-state index in [2.05, 4.69) is 20.8 Å². The molecule has 7 nitrogen and oxygen atoms in total. The minimum Gasteiger partial charge on any atom is -0.411 e. The van der Waals surface area contributed by atoms with Gasteiger partial charge < -0.3 is 15.1 Å². The second kappa shape index (κ2) is 8.66. The summed E-state index contributed by atoms with van der Waals surface area (Å²) in [5, 5.41) is 13.0. The maximum absolute atomic E-state index is 13.0. The maximum Gasteiger partial charge on any atom is 0.277 e. The van der Waals surface area contributed by atoms with Crippen molar-refractivity contribution in [2.45, 2.75) is 24.3 Å². The smallest absolute Gasteiger partial charge is 0.277 e. The number of aromatic nitrogens is 2. The summed E-state index contributed by atoms with van der Waals surface area (Å²) >= 11 is 1.12. The normalized spacial score (nSPS) is 11.7. The number of carbonyl (C=O) groups excluding carboxylic acids is 2. The van der Waals surface area contributed by atoms with Crippen molar-refractivity contribution in [1.82, 2.24) is 10.2 Å². The van der Waals surface area contributed by atoms with Crippen molar-refractivity contribution < 1.29 is 18.4 Å². The summed E-state index contributed by atoms with van der Waals surface area (Å²) in [6.45, 7) is 3.14. The molecule has 1 atom stereocenters. The molecule has 2 aromatic carbocycles. The first-order valence-electron chi connectivity index (χ1n) is 8.35. The molecule has 0 bridgehead atoms. The lowest BCUT2D eigenvalue weighted by molar-refractivity contribution is -0.115. The van der Waals surface area contributed by atoms with Gasteiger partial charge in [0.05, 0.1) is 5.25 Å². The van der Waals surface area contributed by atoms with E-state index in [1.807, 2.05) is 0 Å². The Morgan fingerprint density at radius 3 is 2.21 bits per heavy atom. The Kier molecular flexibility index (Phi) is 6.05. The number of nitrogens with zero attached hydrogens (tertiary/aromatic N) is 2. The molecule has 0 aliphatic rings. The minimum absolute atomic E-state index is 0.165. The van der Waals surface area contributed by atoms with Crippen LogP contribution in [0.3, 0.4) is 0 Å². The number of nitrogens with one attached hydrogen (secondary N) is 2. The quantitative estimate of drug-likeness (QED) is 0.608. The van der Waals surface area contributed by atoms with Crippen LogP contribution in [-0.4, -0.2) is 27.3 Å². The van der Waals surface area contributed by atoms with E-state index >= 15 is 0 Å². The number of hydrogen-bond acceptors (Lipinski definition) is 6. The summed E-state index contributed by atoms with van der Waals surface area (Å²) < 4.78 is 18.5. The van der Waals surface area contributed by atoms with Gasteiger partial charge in [-0.25, -0.2) is 4.39 Å². The molecule has 1 aromatic heterocycles. The summed E-state index contributed by atoms with van der Waals surface area (Å²) in [5.74, 6) is -0.503. The fourth-order valence-electron chi connectivity index (χ4n) is 2.26. The molecule has 3 aromatic rings. The topological polar surface area (TPSA) is 97.1 Å². The molecule has 0 radical (unpaired) electrons. The molecule has 2 amide bonds. The Morgan fingerprint density at radius 1 is 1.00 bits per heavy atom. The van der Waals surface area contributed by atoms with E-state index in [0.717, 1.165) is 11.8 Å². The Hall–Kier alpha value is -3.20. The van der Waals surface area contributed by atoms with E-state index < -0.39 is 5.25 Å². The minimum atomic E-state index is -0.489. The monoisotopic (exact) mass is 400 g/mol. The predicted octanol–water partition coefficient (Wildman–Crippen LogP) is 3.95. The van der Waals surface area contributed by atoms with Crippen LogP contribution in [0.25, 0.3) is 11.5 Å². The summed E-state index contributed by atoms with van der Waals surface area (Å²) in [5.41, 5.74) is 1.84. The number of thioether (sulfide) groups is 1. The lowest BCUT2D eigenvalue weighted by atomic mass is 10.2. The summed E-state index contributed by atoms with van der Waals surface area (Å²) in [6, 6.07) is 12.5. The lowest BCUT2D eigenvalue weighted by Crippen LogP contribution is -2.22. The number of benzene rings is 2. The first-order chi connectivity index (χ1) is 13.4. The van der Waals surface area contributed by atoms with Crippen LogP contribution in [0.4, 0.5) is 15.8 Å². The first-order valence-corrected chi connectivity index (χ1v) is 9.23. The van der Waals surface area contributed by atoms with E-state index in [9.17, 15) is 14.0 Å². The molecule has 0 aliphatic heterocycles. The van der Waals surface area contributed by atoms with Crippen molar-refractivity contribution in [2.24, 2.45) is 0 Å². The van der Waals surface area contributed by atoms with Crippen molar-refractivity contribution in [1.29, 1.82) is 0 Å². The highest BCUT2D eigenvalue weighted by Gasteiger charge is 2.19. The zero-order chi connectivity index (χ0) is 20.1. The molecule has 0 saturated carbocycles. The lowest BCUT2D eigenvalue weighted by Gasteiger charge is -2.10. The highest BCUT2D eigenvalue weighted by molar-refractivity contribution is 8.00. The van der Waals surface area contributed by atoms with Crippen LogP contribution in [0.1, 0.15) is 13.8 Å². The molecule has 28 heavy (non-hydrogen) atoms. The Balaban J connectivity index is 1.58. The van der Waals surface area contributed by atoms with Gasteiger partial charge in [0.1, 0.15) is 5.82 Å². The summed E-state index contributed by atoms with van der Waals surface area (Å²) in [6.07, 6.45) is 0. The third-order valence-corrected chi connectivity index (χ3v) is 4.55. The number of anilines is 2. The van der Waals surface area contributed by atoms with E-state index in [1.54, 1.807) is 31.2 Å². The Morgan fingerprint density at radius 2 is 1.61 bits per heavy atom.